The fourth-order valence-corrected chi connectivity index (χ4v) is 3.96. The molecule has 0 aromatic rings. The Kier molecular flexibility index (Phi) is 4.01. The Morgan fingerprint density at radius 3 is 2.86 bits per heavy atom. The van der Waals surface area contributed by atoms with Crippen molar-refractivity contribution in [1.82, 2.24) is 0 Å². The maximum atomic E-state index is 13.2. The molecule has 6 unspecified atom stereocenters. The molecular weight excluding hydrogens is 330 g/mol. The first-order valence-corrected chi connectivity index (χ1v) is 7.20. The minimum atomic E-state index is -4.08. The molecule has 8 nitrogen and oxygen atoms in total. The van der Waals surface area contributed by atoms with E-state index in [0.29, 0.717) is 6.42 Å². The van der Waals surface area contributed by atoms with Crippen molar-refractivity contribution in [1.29, 1.82) is 0 Å². The van der Waals surface area contributed by atoms with Crippen LogP contribution in [0.4, 0.5) is 8.78 Å². The average Bonchev–Trinajstić information content (AvgIpc) is 3.05. The summed E-state index contributed by atoms with van der Waals surface area (Å²) in [6.07, 6.45) is -0.880. The lowest BCUT2D eigenvalue weighted by molar-refractivity contribution is -0.433. The second kappa shape index (κ2) is 5.57. The van der Waals surface area contributed by atoms with E-state index in [4.69, 9.17) is 9.99 Å². The van der Waals surface area contributed by atoms with Gasteiger partial charge in [-0.1, -0.05) is 5.04 Å². The van der Waals surface area contributed by atoms with Crippen LogP contribution in [-0.4, -0.2) is 46.4 Å². The summed E-state index contributed by atoms with van der Waals surface area (Å²) in [5.41, 5.74) is 0. The molecule has 0 amide bonds. The van der Waals surface area contributed by atoms with Gasteiger partial charge in [0.2, 0.25) is 0 Å². The third kappa shape index (κ3) is 2.36. The fourth-order valence-electron chi connectivity index (χ4n) is 3.72. The van der Waals surface area contributed by atoms with Gasteiger partial charge in [0.05, 0.1) is 18.6 Å². The number of alkyl halides is 2. The van der Waals surface area contributed by atoms with E-state index in [0.717, 1.165) is 0 Å². The Balaban J connectivity index is 1.59. The number of fused-ring (bicyclic) bond motifs is 1. The van der Waals surface area contributed by atoms with Gasteiger partial charge in [-0.2, -0.15) is 8.78 Å². The maximum Gasteiger partial charge on any atom is 0.415 e. The van der Waals surface area contributed by atoms with Crippen molar-refractivity contribution >= 4 is 24.0 Å². The second-order valence-electron chi connectivity index (χ2n) is 5.49. The average molecular weight is 342 g/mol. The van der Waals surface area contributed by atoms with E-state index >= 15 is 0 Å². The van der Waals surface area contributed by atoms with Gasteiger partial charge in [0.15, 0.2) is 0 Å². The van der Waals surface area contributed by atoms with Gasteiger partial charge in [-0.05, 0) is 12.3 Å². The molecular formula is C11H12F2O8S. The van der Waals surface area contributed by atoms with Crippen LogP contribution < -0.4 is 0 Å². The van der Waals surface area contributed by atoms with Crippen LogP contribution in [0, 0.1) is 23.7 Å². The summed E-state index contributed by atoms with van der Waals surface area (Å²) in [5, 5.41) is 16.8. The zero-order valence-electron chi connectivity index (χ0n) is 10.9. The van der Waals surface area contributed by atoms with Crippen LogP contribution >= 0.6 is 12.0 Å². The number of aliphatic hydroxyl groups is 1. The number of rotatable bonds is 6. The third-order valence-electron chi connectivity index (χ3n) is 4.54. The Morgan fingerprint density at radius 1 is 1.45 bits per heavy atom. The Labute approximate surface area is 126 Å². The highest BCUT2D eigenvalue weighted by atomic mass is 32.2. The number of carbonyl (C=O) groups is 2. The molecule has 0 spiro atoms. The van der Waals surface area contributed by atoms with E-state index < -0.39 is 59.9 Å². The van der Waals surface area contributed by atoms with Crippen LogP contribution in [0.25, 0.3) is 0 Å². The summed E-state index contributed by atoms with van der Waals surface area (Å²) in [5.74, 6) is -3.92. The van der Waals surface area contributed by atoms with Gasteiger partial charge >= 0.3 is 17.2 Å². The van der Waals surface area contributed by atoms with E-state index in [1.54, 1.807) is 0 Å². The van der Waals surface area contributed by atoms with Gasteiger partial charge in [-0.3, -0.25) is 4.79 Å². The van der Waals surface area contributed by atoms with Crippen molar-refractivity contribution in [2.45, 2.75) is 23.9 Å². The normalized spacial score (nSPS) is 39.2. The lowest BCUT2D eigenvalue weighted by Crippen LogP contribution is -2.40. The molecule has 3 rings (SSSR count). The lowest BCUT2D eigenvalue weighted by Gasteiger charge is -2.28. The summed E-state index contributed by atoms with van der Waals surface area (Å²) >= 11 is -0.714. The smallest absolute Gasteiger partial charge is 0.415 e. The topological polar surface area (TPSA) is 112 Å². The fraction of sp³-hybridized carbons (Fsp3) is 0.818. The van der Waals surface area contributed by atoms with Gasteiger partial charge < -0.3 is 14.6 Å². The SMILES string of the molecule is O=C1OC2C(COC(=O)C(F)(F)SOOO)C3CC2C1C3O. The van der Waals surface area contributed by atoms with Crippen LogP contribution in [-0.2, 0) is 28.4 Å². The van der Waals surface area contributed by atoms with E-state index in [-0.39, 0.29) is 11.8 Å². The predicted molar refractivity (Wildman–Crippen MR) is 62.8 cm³/mol. The number of hydrogen-bond acceptors (Lipinski definition) is 9. The van der Waals surface area contributed by atoms with Crippen LogP contribution in [0.3, 0.4) is 0 Å². The first-order chi connectivity index (χ1) is 10.4. The van der Waals surface area contributed by atoms with E-state index in [1.807, 2.05) is 0 Å². The molecule has 1 saturated heterocycles. The van der Waals surface area contributed by atoms with E-state index in [2.05, 4.69) is 14.1 Å². The minimum Gasteiger partial charge on any atom is -0.461 e. The van der Waals surface area contributed by atoms with Crippen molar-refractivity contribution in [3.63, 3.8) is 0 Å². The van der Waals surface area contributed by atoms with Crippen LogP contribution in [0.1, 0.15) is 6.42 Å². The van der Waals surface area contributed by atoms with Crippen molar-refractivity contribution in [3.8, 4) is 0 Å². The Hall–Kier alpha value is -1.01. The van der Waals surface area contributed by atoms with Gasteiger partial charge in [0, 0.05) is 11.8 Å². The molecule has 2 aliphatic carbocycles. The van der Waals surface area contributed by atoms with Crippen molar-refractivity contribution in [2.75, 3.05) is 6.61 Å². The van der Waals surface area contributed by atoms with Crippen molar-refractivity contribution < 1.29 is 47.6 Å². The first-order valence-electron chi connectivity index (χ1n) is 6.46. The summed E-state index contributed by atoms with van der Waals surface area (Å²) < 4.78 is 39.7. The molecule has 3 fully saturated rings. The highest BCUT2D eigenvalue weighted by Gasteiger charge is 2.66. The van der Waals surface area contributed by atoms with Crippen molar-refractivity contribution in [3.05, 3.63) is 0 Å². The molecule has 6 atom stereocenters. The maximum absolute atomic E-state index is 13.2. The quantitative estimate of drug-likeness (QED) is 0.306. The molecule has 0 radical (unpaired) electrons. The van der Waals surface area contributed by atoms with Gasteiger partial charge in [-0.15, -0.1) is 4.33 Å². The van der Waals surface area contributed by atoms with Crippen LogP contribution in [0.2, 0.25) is 0 Å². The highest BCUT2D eigenvalue weighted by molar-refractivity contribution is 7.96. The minimum absolute atomic E-state index is 0.155. The number of aliphatic hydroxyl groups excluding tert-OH is 1. The molecule has 0 aromatic heterocycles. The molecule has 2 saturated carbocycles. The molecule has 2 N–H and O–H groups in total. The predicted octanol–water partition coefficient (Wildman–Crippen LogP) is 0.360. The van der Waals surface area contributed by atoms with Crippen LogP contribution in [0.15, 0.2) is 0 Å². The molecule has 2 bridgehead atoms. The molecule has 0 aromatic carbocycles. The Bertz CT molecular complexity index is 489. The lowest BCUT2D eigenvalue weighted by atomic mass is 9.80. The number of carbonyl (C=O) groups excluding carboxylic acids is 2. The molecule has 1 heterocycles. The standard InChI is InChI=1S/C11H12F2O8S/c12-11(13,22-21-20-17)10(16)18-2-5-3-1-4-6(7(3)14)9(15)19-8(4)5/h3-8,14,17H,1-2H2. The monoisotopic (exact) mass is 342 g/mol. The molecule has 11 heteroatoms. The Morgan fingerprint density at radius 2 is 2.18 bits per heavy atom. The highest BCUT2D eigenvalue weighted by Crippen LogP contribution is 2.57. The summed E-state index contributed by atoms with van der Waals surface area (Å²) in [7, 11) is 0. The van der Waals surface area contributed by atoms with Gasteiger partial charge in [0.1, 0.15) is 18.1 Å². The van der Waals surface area contributed by atoms with Gasteiger partial charge in [-0.25, -0.2) is 10.1 Å². The zero-order valence-corrected chi connectivity index (χ0v) is 11.7. The largest absolute Gasteiger partial charge is 0.461 e. The third-order valence-corrected chi connectivity index (χ3v) is 5.05. The second-order valence-corrected chi connectivity index (χ2v) is 6.30. The van der Waals surface area contributed by atoms with Crippen molar-refractivity contribution in [2.24, 2.45) is 23.7 Å². The zero-order chi connectivity index (χ0) is 16.1. The summed E-state index contributed by atoms with van der Waals surface area (Å²) in [4.78, 5) is 22.9. The summed E-state index contributed by atoms with van der Waals surface area (Å²) in [6, 6.07) is 0. The molecule has 22 heavy (non-hydrogen) atoms. The van der Waals surface area contributed by atoms with Crippen LogP contribution in [0.5, 0.6) is 0 Å². The molecule has 124 valence electrons. The number of esters is 2. The molecule has 1 aliphatic heterocycles. The number of hydrogen-bond donors (Lipinski definition) is 2. The number of halogens is 2. The molecule has 3 aliphatic rings. The van der Waals surface area contributed by atoms with Gasteiger partial charge in [0.25, 0.3) is 0 Å². The van der Waals surface area contributed by atoms with E-state index in [9.17, 15) is 23.5 Å². The first kappa shape index (κ1) is 15.9. The number of ether oxygens (including phenoxy) is 2. The summed E-state index contributed by atoms with van der Waals surface area (Å²) in [6.45, 7) is -0.405. The van der Waals surface area contributed by atoms with E-state index in [1.165, 1.54) is 0 Å².